The molecule has 0 aliphatic carbocycles. The molecular formula is C9H8N2O4. The lowest BCUT2D eigenvalue weighted by Crippen LogP contribution is -2.30. The Bertz CT molecular complexity index is 437. The zero-order valence-corrected chi connectivity index (χ0v) is 7.89. The summed E-state index contributed by atoms with van der Waals surface area (Å²) >= 11 is 0. The zero-order valence-electron chi connectivity index (χ0n) is 7.89. The van der Waals surface area contributed by atoms with Crippen LogP contribution in [-0.4, -0.2) is 24.3 Å². The summed E-state index contributed by atoms with van der Waals surface area (Å²) < 4.78 is 4.98. The van der Waals surface area contributed by atoms with Crippen LogP contribution in [0.3, 0.4) is 0 Å². The summed E-state index contributed by atoms with van der Waals surface area (Å²) in [6, 6.07) is 1.69. The van der Waals surface area contributed by atoms with Gasteiger partial charge in [-0.2, -0.15) is 4.90 Å². The van der Waals surface area contributed by atoms with E-state index in [2.05, 4.69) is 5.32 Å². The van der Waals surface area contributed by atoms with Gasteiger partial charge in [-0.3, -0.25) is 9.59 Å². The van der Waals surface area contributed by atoms with Crippen molar-refractivity contribution >= 4 is 24.1 Å². The first-order valence-electron chi connectivity index (χ1n) is 4.33. The third-order valence-corrected chi connectivity index (χ3v) is 2.08. The number of nitrogens with one attached hydrogen (secondary N) is 1. The number of hydrogen-bond donors (Lipinski definition) is 1. The Morgan fingerprint density at radius 2 is 2.20 bits per heavy atom. The molecule has 3 amide bonds. The van der Waals surface area contributed by atoms with Gasteiger partial charge in [-0.25, -0.2) is 4.79 Å². The molecule has 1 saturated heterocycles. The average Bonchev–Trinajstić information content (AvgIpc) is 2.74. The molecule has 2 rings (SSSR count). The SMILES string of the molecule is CC1NC(=O)N(c2ccc(C=O)o2)C1=O. The zero-order chi connectivity index (χ0) is 11.0. The predicted molar refractivity (Wildman–Crippen MR) is 49.6 cm³/mol. The number of aldehydes is 1. The molecule has 0 bridgehead atoms. The van der Waals surface area contributed by atoms with E-state index in [-0.39, 0.29) is 11.6 Å². The highest BCUT2D eigenvalue weighted by molar-refractivity contribution is 6.20. The van der Waals surface area contributed by atoms with E-state index >= 15 is 0 Å². The van der Waals surface area contributed by atoms with E-state index < -0.39 is 18.0 Å². The van der Waals surface area contributed by atoms with Gasteiger partial charge in [0.05, 0.1) is 0 Å². The van der Waals surface area contributed by atoms with Crippen LogP contribution in [-0.2, 0) is 4.79 Å². The predicted octanol–water partition coefficient (Wildman–Crippen LogP) is 0.537. The van der Waals surface area contributed by atoms with Crippen molar-refractivity contribution < 1.29 is 18.8 Å². The maximum atomic E-state index is 11.5. The normalized spacial score (nSPS) is 20.6. The maximum Gasteiger partial charge on any atom is 0.331 e. The number of carbonyl (C=O) groups excluding carboxylic acids is 3. The molecule has 0 radical (unpaired) electrons. The molecule has 1 aromatic rings. The van der Waals surface area contributed by atoms with Gasteiger partial charge in [-0.05, 0) is 13.0 Å². The molecule has 0 aromatic carbocycles. The summed E-state index contributed by atoms with van der Waals surface area (Å²) in [5.41, 5.74) is 0. The summed E-state index contributed by atoms with van der Waals surface area (Å²) in [6.07, 6.45) is 0.505. The van der Waals surface area contributed by atoms with E-state index in [1.807, 2.05) is 0 Å². The molecule has 1 unspecified atom stereocenters. The molecule has 6 heteroatoms. The lowest BCUT2D eigenvalue weighted by molar-refractivity contribution is -0.118. The second-order valence-corrected chi connectivity index (χ2v) is 3.14. The molecule has 0 spiro atoms. The quantitative estimate of drug-likeness (QED) is 0.568. The third kappa shape index (κ3) is 1.39. The van der Waals surface area contributed by atoms with Crippen LogP contribution in [0, 0.1) is 0 Å². The first-order valence-corrected chi connectivity index (χ1v) is 4.33. The molecule has 1 atom stereocenters. The smallest absolute Gasteiger partial charge is 0.331 e. The fraction of sp³-hybridized carbons (Fsp3) is 0.222. The van der Waals surface area contributed by atoms with Crippen LogP contribution in [0.5, 0.6) is 0 Å². The minimum absolute atomic E-state index is 0.0592. The first kappa shape index (κ1) is 9.45. The van der Waals surface area contributed by atoms with Gasteiger partial charge < -0.3 is 9.73 Å². The number of furan rings is 1. The largest absolute Gasteiger partial charge is 0.437 e. The second-order valence-electron chi connectivity index (χ2n) is 3.14. The monoisotopic (exact) mass is 208 g/mol. The van der Waals surface area contributed by atoms with Crippen LogP contribution in [0.1, 0.15) is 17.5 Å². The Morgan fingerprint density at radius 1 is 1.47 bits per heavy atom. The number of amides is 3. The Kier molecular flexibility index (Phi) is 2.03. The summed E-state index contributed by atoms with van der Waals surface area (Å²) in [7, 11) is 0. The molecular weight excluding hydrogens is 200 g/mol. The van der Waals surface area contributed by atoms with Crippen molar-refractivity contribution in [2.24, 2.45) is 0 Å². The Hall–Kier alpha value is -2.11. The van der Waals surface area contributed by atoms with E-state index in [9.17, 15) is 14.4 Å². The van der Waals surface area contributed by atoms with Crippen molar-refractivity contribution in [1.82, 2.24) is 5.32 Å². The minimum atomic E-state index is -0.567. The first-order chi connectivity index (χ1) is 7.13. The summed E-state index contributed by atoms with van der Waals surface area (Å²) in [6.45, 7) is 1.57. The van der Waals surface area contributed by atoms with Gasteiger partial charge >= 0.3 is 6.03 Å². The van der Waals surface area contributed by atoms with Crippen molar-refractivity contribution in [3.8, 4) is 0 Å². The lowest BCUT2D eigenvalue weighted by atomic mass is 10.3. The van der Waals surface area contributed by atoms with Crippen molar-refractivity contribution in [1.29, 1.82) is 0 Å². The fourth-order valence-electron chi connectivity index (χ4n) is 1.34. The van der Waals surface area contributed by atoms with Crippen molar-refractivity contribution in [2.45, 2.75) is 13.0 Å². The number of urea groups is 1. The average molecular weight is 208 g/mol. The molecule has 1 N–H and O–H groups in total. The molecule has 1 fully saturated rings. The lowest BCUT2D eigenvalue weighted by Gasteiger charge is -2.07. The van der Waals surface area contributed by atoms with E-state index in [0.717, 1.165) is 4.90 Å². The molecule has 1 aliphatic heterocycles. The van der Waals surface area contributed by atoms with Gasteiger partial charge in [0.2, 0.25) is 5.88 Å². The maximum absolute atomic E-state index is 11.5. The number of rotatable bonds is 2. The summed E-state index contributed by atoms with van der Waals surface area (Å²) in [4.78, 5) is 34.1. The number of hydrogen-bond acceptors (Lipinski definition) is 4. The number of imide groups is 1. The van der Waals surface area contributed by atoms with Crippen LogP contribution >= 0.6 is 0 Å². The number of carbonyl (C=O) groups is 3. The highest BCUT2D eigenvalue weighted by Crippen LogP contribution is 2.21. The van der Waals surface area contributed by atoms with Crippen LogP contribution in [0.4, 0.5) is 10.7 Å². The number of nitrogens with zero attached hydrogens (tertiary/aromatic N) is 1. The second kappa shape index (κ2) is 3.23. The summed E-state index contributed by atoms with van der Waals surface area (Å²) in [5.74, 6) is -0.263. The standard InChI is InChI=1S/C9H8N2O4/c1-5-8(13)11(9(14)10-5)7-3-2-6(4-12)15-7/h2-5H,1H3,(H,10,14). The minimum Gasteiger partial charge on any atom is -0.437 e. The highest BCUT2D eigenvalue weighted by atomic mass is 16.4. The van der Waals surface area contributed by atoms with Crippen molar-refractivity contribution in [3.63, 3.8) is 0 Å². The van der Waals surface area contributed by atoms with Gasteiger partial charge in [-0.1, -0.05) is 0 Å². The van der Waals surface area contributed by atoms with Gasteiger partial charge in [0.1, 0.15) is 6.04 Å². The molecule has 6 nitrogen and oxygen atoms in total. The molecule has 2 heterocycles. The van der Waals surface area contributed by atoms with Gasteiger partial charge in [0, 0.05) is 6.07 Å². The fourth-order valence-corrected chi connectivity index (χ4v) is 1.34. The number of anilines is 1. The van der Waals surface area contributed by atoms with Crippen LogP contribution in [0.25, 0.3) is 0 Å². The molecule has 15 heavy (non-hydrogen) atoms. The summed E-state index contributed by atoms with van der Waals surface area (Å²) in [5, 5.41) is 2.43. The van der Waals surface area contributed by atoms with Crippen LogP contribution in [0.2, 0.25) is 0 Å². The highest BCUT2D eigenvalue weighted by Gasteiger charge is 2.37. The van der Waals surface area contributed by atoms with Crippen molar-refractivity contribution in [2.75, 3.05) is 4.90 Å². The van der Waals surface area contributed by atoms with Crippen LogP contribution < -0.4 is 10.2 Å². The van der Waals surface area contributed by atoms with Gasteiger partial charge in [-0.15, -0.1) is 0 Å². The van der Waals surface area contributed by atoms with E-state index in [1.54, 1.807) is 6.92 Å². The molecule has 1 aliphatic rings. The van der Waals surface area contributed by atoms with Gasteiger partial charge in [0.25, 0.3) is 5.91 Å². The molecule has 1 aromatic heterocycles. The van der Waals surface area contributed by atoms with E-state index in [1.165, 1.54) is 12.1 Å². The Labute approximate surface area is 84.8 Å². The van der Waals surface area contributed by atoms with Gasteiger partial charge in [0.15, 0.2) is 12.0 Å². The van der Waals surface area contributed by atoms with E-state index in [0.29, 0.717) is 6.29 Å². The van der Waals surface area contributed by atoms with Crippen LogP contribution in [0.15, 0.2) is 16.5 Å². The Balaban J connectivity index is 2.34. The molecule has 78 valence electrons. The molecule has 0 saturated carbocycles. The topological polar surface area (TPSA) is 79.6 Å². The third-order valence-electron chi connectivity index (χ3n) is 2.08. The van der Waals surface area contributed by atoms with Crippen molar-refractivity contribution in [3.05, 3.63) is 17.9 Å². The Morgan fingerprint density at radius 3 is 2.67 bits per heavy atom. The van der Waals surface area contributed by atoms with E-state index in [4.69, 9.17) is 4.42 Å².